The van der Waals surface area contributed by atoms with E-state index in [4.69, 9.17) is 9.47 Å². The monoisotopic (exact) mass is 436 g/mol. The molecule has 2 aliphatic rings. The van der Waals surface area contributed by atoms with E-state index in [1.54, 1.807) is 0 Å². The summed E-state index contributed by atoms with van der Waals surface area (Å²) in [7, 11) is 0. The van der Waals surface area contributed by atoms with Crippen LogP contribution in [0.5, 0.6) is 5.75 Å². The van der Waals surface area contributed by atoms with Gasteiger partial charge in [-0.2, -0.15) is 0 Å². The molecule has 2 fully saturated rings. The van der Waals surface area contributed by atoms with E-state index < -0.39 is 0 Å². The predicted molar refractivity (Wildman–Crippen MR) is 127 cm³/mol. The van der Waals surface area contributed by atoms with Crippen LogP contribution in [0.15, 0.2) is 48.5 Å². The number of benzene rings is 2. The van der Waals surface area contributed by atoms with E-state index in [0.29, 0.717) is 25.0 Å². The Morgan fingerprint density at radius 2 is 1.84 bits per heavy atom. The number of rotatable bonds is 9. The fourth-order valence-corrected chi connectivity index (χ4v) is 4.63. The van der Waals surface area contributed by atoms with Gasteiger partial charge in [-0.05, 0) is 54.0 Å². The van der Waals surface area contributed by atoms with Gasteiger partial charge in [-0.1, -0.05) is 50.2 Å². The van der Waals surface area contributed by atoms with Gasteiger partial charge in [-0.15, -0.1) is 0 Å². The molecule has 1 heterocycles. The van der Waals surface area contributed by atoms with Crippen LogP contribution in [-0.2, 0) is 9.53 Å². The Morgan fingerprint density at radius 1 is 1.12 bits per heavy atom. The Hall–Kier alpha value is -2.37. The van der Waals surface area contributed by atoms with E-state index in [-0.39, 0.29) is 17.9 Å². The molecule has 32 heavy (non-hydrogen) atoms. The molecule has 0 spiro atoms. The van der Waals surface area contributed by atoms with Crippen molar-refractivity contribution in [2.24, 2.45) is 5.92 Å². The van der Waals surface area contributed by atoms with E-state index in [2.05, 4.69) is 60.5 Å². The van der Waals surface area contributed by atoms with Gasteiger partial charge in [0.2, 0.25) is 5.91 Å². The Kier molecular flexibility index (Phi) is 7.48. The molecule has 3 atom stereocenters. The van der Waals surface area contributed by atoms with Crippen molar-refractivity contribution in [3.63, 3.8) is 0 Å². The maximum absolute atomic E-state index is 13.0. The van der Waals surface area contributed by atoms with Crippen molar-refractivity contribution < 1.29 is 14.3 Å². The molecule has 0 unspecified atom stereocenters. The molecule has 1 saturated heterocycles. The second-order valence-corrected chi connectivity index (χ2v) is 9.18. The van der Waals surface area contributed by atoms with Crippen molar-refractivity contribution in [1.82, 2.24) is 10.2 Å². The first kappa shape index (κ1) is 22.8. The van der Waals surface area contributed by atoms with Crippen LogP contribution < -0.4 is 10.1 Å². The van der Waals surface area contributed by atoms with Gasteiger partial charge in [0.15, 0.2) is 0 Å². The molecule has 172 valence electrons. The van der Waals surface area contributed by atoms with Crippen molar-refractivity contribution in [3.05, 3.63) is 65.2 Å². The zero-order valence-corrected chi connectivity index (χ0v) is 19.5. The van der Waals surface area contributed by atoms with E-state index in [0.717, 1.165) is 38.5 Å². The summed E-state index contributed by atoms with van der Waals surface area (Å²) in [6.45, 7) is 11.0. The minimum Gasteiger partial charge on any atom is -0.494 e. The summed E-state index contributed by atoms with van der Waals surface area (Å²) in [4.78, 5) is 15.4. The van der Waals surface area contributed by atoms with Gasteiger partial charge in [0.05, 0.1) is 25.9 Å². The maximum atomic E-state index is 13.0. The first-order chi connectivity index (χ1) is 15.6. The van der Waals surface area contributed by atoms with Gasteiger partial charge in [-0.25, -0.2) is 0 Å². The maximum Gasteiger partial charge on any atom is 0.223 e. The molecule has 2 aromatic carbocycles. The fraction of sp³-hybridized carbons (Fsp3) is 0.519. The SMILES string of the molecule is CCOc1cccc([C@@H]2C[C@H]2C(=O)NC[C@@H](c2ccc(C(C)C)cc2)N2CCOCC2)c1. The highest BCUT2D eigenvalue weighted by molar-refractivity contribution is 5.83. The lowest BCUT2D eigenvalue weighted by molar-refractivity contribution is -0.122. The highest BCUT2D eigenvalue weighted by atomic mass is 16.5. The molecule has 1 N–H and O–H groups in total. The summed E-state index contributed by atoms with van der Waals surface area (Å²) in [5.74, 6) is 1.91. The number of hydrogen-bond donors (Lipinski definition) is 1. The number of nitrogens with zero attached hydrogens (tertiary/aromatic N) is 1. The molecule has 0 aromatic heterocycles. The number of nitrogens with one attached hydrogen (secondary N) is 1. The third-order valence-electron chi connectivity index (χ3n) is 6.67. The van der Waals surface area contributed by atoms with Crippen molar-refractivity contribution >= 4 is 5.91 Å². The van der Waals surface area contributed by atoms with E-state index in [9.17, 15) is 4.79 Å². The summed E-state index contributed by atoms with van der Waals surface area (Å²) in [6.07, 6.45) is 0.909. The number of morpholine rings is 1. The lowest BCUT2D eigenvalue weighted by atomic mass is 9.98. The molecular weight excluding hydrogens is 400 g/mol. The molecule has 4 rings (SSSR count). The zero-order valence-electron chi connectivity index (χ0n) is 19.5. The van der Waals surface area contributed by atoms with Crippen LogP contribution in [-0.4, -0.2) is 50.3 Å². The average molecular weight is 437 g/mol. The lowest BCUT2D eigenvalue weighted by Gasteiger charge is -2.35. The van der Waals surface area contributed by atoms with E-state index in [1.807, 2.05) is 19.1 Å². The molecule has 1 amide bonds. The Labute approximate surface area is 192 Å². The summed E-state index contributed by atoms with van der Waals surface area (Å²) >= 11 is 0. The lowest BCUT2D eigenvalue weighted by Crippen LogP contribution is -2.44. The van der Waals surface area contributed by atoms with Crippen molar-refractivity contribution in [3.8, 4) is 5.75 Å². The Balaban J connectivity index is 1.39. The summed E-state index contributed by atoms with van der Waals surface area (Å²) in [5, 5.41) is 3.26. The van der Waals surface area contributed by atoms with Gasteiger partial charge in [0.1, 0.15) is 5.75 Å². The van der Waals surface area contributed by atoms with Gasteiger partial charge in [0, 0.05) is 25.6 Å². The fourth-order valence-electron chi connectivity index (χ4n) is 4.63. The number of ether oxygens (including phenoxy) is 2. The first-order valence-electron chi connectivity index (χ1n) is 12.0. The summed E-state index contributed by atoms with van der Waals surface area (Å²) in [5.41, 5.74) is 3.80. The number of carbonyl (C=O) groups is 1. The number of carbonyl (C=O) groups excluding carboxylic acids is 1. The molecule has 1 aliphatic heterocycles. The third kappa shape index (κ3) is 5.51. The minimum absolute atomic E-state index is 0.0560. The van der Waals surface area contributed by atoms with Gasteiger partial charge in [-0.3, -0.25) is 9.69 Å². The molecule has 0 bridgehead atoms. The van der Waals surface area contributed by atoms with Crippen LogP contribution >= 0.6 is 0 Å². The van der Waals surface area contributed by atoms with E-state index >= 15 is 0 Å². The van der Waals surface area contributed by atoms with E-state index in [1.165, 1.54) is 16.7 Å². The molecule has 5 nitrogen and oxygen atoms in total. The molecule has 1 saturated carbocycles. The van der Waals surface area contributed by atoms with Crippen LogP contribution in [0.1, 0.15) is 61.8 Å². The van der Waals surface area contributed by atoms with Crippen LogP contribution in [0.3, 0.4) is 0 Å². The zero-order chi connectivity index (χ0) is 22.5. The average Bonchev–Trinajstić information content (AvgIpc) is 3.62. The minimum atomic E-state index is 0.0560. The smallest absolute Gasteiger partial charge is 0.223 e. The highest BCUT2D eigenvalue weighted by Gasteiger charge is 2.44. The number of amides is 1. The second kappa shape index (κ2) is 10.5. The Morgan fingerprint density at radius 3 is 2.53 bits per heavy atom. The van der Waals surface area contributed by atoms with Gasteiger partial charge >= 0.3 is 0 Å². The Bertz CT molecular complexity index is 890. The number of hydrogen-bond acceptors (Lipinski definition) is 4. The molecule has 0 radical (unpaired) electrons. The van der Waals surface area contributed by atoms with Crippen LogP contribution in [0.2, 0.25) is 0 Å². The third-order valence-corrected chi connectivity index (χ3v) is 6.67. The normalized spacial score (nSPS) is 21.9. The molecular formula is C27H36N2O3. The molecule has 2 aromatic rings. The van der Waals surface area contributed by atoms with Crippen LogP contribution in [0, 0.1) is 5.92 Å². The predicted octanol–water partition coefficient (Wildman–Crippen LogP) is 4.50. The standard InChI is InChI=1S/C27H36N2O3/c1-4-32-23-7-5-6-22(16-23)24-17-25(24)27(30)28-18-26(29-12-14-31-15-13-29)21-10-8-20(9-11-21)19(2)3/h5-11,16,19,24-26H,4,12-15,17-18H2,1-3H3,(H,28,30)/t24-,25+,26-/m0/s1. The van der Waals surface area contributed by atoms with Gasteiger partial charge < -0.3 is 14.8 Å². The quantitative estimate of drug-likeness (QED) is 0.629. The molecule has 5 heteroatoms. The van der Waals surface area contributed by atoms with Crippen LogP contribution in [0.25, 0.3) is 0 Å². The topological polar surface area (TPSA) is 50.8 Å². The molecule has 1 aliphatic carbocycles. The summed E-state index contributed by atoms with van der Waals surface area (Å²) in [6, 6.07) is 17.2. The van der Waals surface area contributed by atoms with Crippen LogP contribution in [0.4, 0.5) is 0 Å². The van der Waals surface area contributed by atoms with Crippen molar-refractivity contribution in [2.45, 2.75) is 45.1 Å². The largest absolute Gasteiger partial charge is 0.494 e. The van der Waals surface area contributed by atoms with Crippen molar-refractivity contribution in [2.75, 3.05) is 39.5 Å². The second-order valence-electron chi connectivity index (χ2n) is 9.18. The van der Waals surface area contributed by atoms with Gasteiger partial charge in [0.25, 0.3) is 0 Å². The highest BCUT2D eigenvalue weighted by Crippen LogP contribution is 2.48. The first-order valence-corrected chi connectivity index (χ1v) is 12.0. The summed E-state index contributed by atoms with van der Waals surface area (Å²) < 4.78 is 11.2. The van der Waals surface area contributed by atoms with Crippen molar-refractivity contribution in [1.29, 1.82) is 0 Å².